The van der Waals surface area contributed by atoms with Crippen LogP contribution in [0.25, 0.3) is 0 Å². The van der Waals surface area contributed by atoms with Crippen molar-refractivity contribution < 1.29 is 14.6 Å². The van der Waals surface area contributed by atoms with E-state index in [0.717, 1.165) is 25.7 Å². The molecule has 94 valence electrons. The number of aromatic nitrogens is 1. The number of halogens is 1. The fourth-order valence-electron chi connectivity index (χ4n) is 2.05. The molecule has 0 bridgehead atoms. The Kier molecular flexibility index (Phi) is 4.04. The Morgan fingerprint density at radius 3 is 2.94 bits per heavy atom. The minimum Gasteiger partial charge on any atom is -0.392 e. The molecule has 2 rings (SSSR count). The fraction of sp³-hybridized carbons (Fsp3) is 0.583. The molecule has 0 saturated carbocycles. The van der Waals surface area contributed by atoms with Gasteiger partial charge in [-0.1, -0.05) is 0 Å². The SMILES string of the molecule is OC1CCN(CCC(O)c2ccc(F)cn2)C1. The van der Waals surface area contributed by atoms with Crippen LogP contribution in [0, 0.1) is 5.82 Å². The molecule has 2 unspecified atom stereocenters. The summed E-state index contributed by atoms with van der Waals surface area (Å²) in [5, 5.41) is 19.2. The van der Waals surface area contributed by atoms with Crippen LogP contribution in [-0.2, 0) is 0 Å². The zero-order chi connectivity index (χ0) is 12.3. The second-order valence-electron chi connectivity index (χ2n) is 4.45. The highest BCUT2D eigenvalue weighted by Crippen LogP contribution is 2.17. The van der Waals surface area contributed by atoms with Crippen LogP contribution >= 0.6 is 0 Å². The minimum absolute atomic E-state index is 0.240. The molecule has 0 radical (unpaired) electrons. The largest absolute Gasteiger partial charge is 0.392 e. The molecule has 4 nitrogen and oxygen atoms in total. The van der Waals surface area contributed by atoms with Gasteiger partial charge in [-0.05, 0) is 25.0 Å². The van der Waals surface area contributed by atoms with Gasteiger partial charge >= 0.3 is 0 Å². The van der Waals surface area contributed by atoms with E-state index in [9.17, 15) is 14.6 Å². The van der Waals surface area contributed by atoms with Gasteiger partial charge < -0.3 is 15.1 Å². The predicted molar refractivity (Wildman–Crippen MR) is 60.8 cm³/mol. The molecule has 0 aromatic carbocycles. The maximum atomic E-state index is 12.6. The van der Waals surface area contributed by atoms with Gasteiger partial charge in [0.05, 0.1) is 24.1 Å². The van der Waals surface area contributed by atoms with Crippen LogP contribution in [-0.4, -0.2) is 45.8 Å². The van der Waals surface area contributed by atoms with E-state index in [4.69, 9.17) is 0 Å². The van der Waals surface area contributed by atoms with Crippen molar-refractivity contribution in [2.24, 2.45) is 0 Å². The molecular weight excluding hydrogens is 223 g/mol. The molecule has 5 heteroatoms. The number of likely N-dealkylation sites (tertiary alicyclic amines) is 1. The van der Waals surface area contributed by atoms with Crippen molar-refractivity contribution >= 4 is 0 Å². The van der Waals surface area contributed by atoms with E-state index in [1.54, 1.807) is 0 Å². The average molecular weight is 240 g/mol. The monoisotopic (exact) mass is 240 g/mol. The summed E-state index contributed by atoms with van der Waals surface area (Å²) in [5.41, 5.74) is 0.492. The molecule has 2 atom stereocenters. The van der Waals surface area contributed by atoms with E-state index >= 15 is 0 Å². The third kappa shape index (κ3) is 3.46. The number of rotatable bonds is 4. The molecule has 1 aliphatic rings. The number of aliphatic hydroxyl groups is 2. The summed E-state index contributed by atoms with van der Waals surface area (Å²) in [4.78, 5) is 5.95. The molecule has 1 aromatic rings. The van der Waals surface area contributed by atoms with E-state index in [1.807, 2.05) is 0 Å². The first kappa shape index (κ1) is 12.4. The molecule has 1 saturated heterocycles. The lowest BCUT2D eigenvalue weighted by Crippen LogP contribution is -2.24. The van der Waals surface area contributed by atoms with Gasteiger partial charge in [-0.3, -0.25) is 4.98 Å². The number of hydrogen-bond acceptors (Lipinski definition) is 4. The zero-order valence-corrected chi connectivity index (χ0v) is 9.59. The summed E-state index contributed by atoms with van der Waals surface area (Å²) in [6.07, 6.45) is 1.54. The Morgan fingerprint density at radius 1 is 1.53 bits per heavy atom. The summed E-state index contributed by atoms with van der Waals surface area (Å²) in [6, 6.07) is 2.80. The minimum atomic E-state index is -0.673. The Hall–Kier alpha value is -1.04. The van der Waals surface area contributed by atoms with E-state index in [1.165, 1.54) is 12.1 Å². The van der Waals surface area contributed by atoms with Gasteiger partial charge in [0.2, 0.25) is 0 Å². The quantitative estimate of drug-likeness (QED) is 0.814. The lowest BCUT2D eigenvalue weighted by atomic mass is 10.1. The summed E-state index contributed by atoms with van der Waals surface area (Å²) >= 11 is 0. The van der Waals surface area contributed by atoms with Crippen LogP contribution in [0.15, 0.2) is 18.3 Å². The van der Waals surface area contributed by atoms with E-state index in [2.05, 4.69) is 9.88 Å². The molecule has 0 spiro atoms. The summed E-state index contributed by atoms with van der Waals surface area (Å²) in [5.74, 6) is -0.399. The van der Waals surface area contributed by atoms with Crippen molar-refractivity contribution in [2.45, 2.75) is 25.0 Å². The van der Waals surface area contributed by atoms with Gasteiger partial charge in [-0.25, -0.2) is 4.39 Å². The first-order chi connectivity index (χ1) is 8.15. The maximum absolute atomic E-state index is 12.6. The lowest BCUT2D eigenvalue weighted by molar-refractivity contribution is 0.135. The third-order valence-electron chi connectivity index (χ3n) is 3.06. The van der Waals surface area contributed by atoms with E-state index in [-0.39, 0.29) is 6.10 Å². The second kappa shape index (κ2) is 5.53. The number of pyridine rings is 1. The van der Waals surface area contributed by atoms with E-state index < -0.39 is 11.9 Å². The van der Waals surface area contributed by atoms with Crippen molar-refractivity contribution in [2.75, 3.05) is 19.6 Å². The van der Waals surface area contributed by atoms with Gasteiger partial charge in [0.25, 0.3) is 0 Å². The van der Waals surface area contributed by atoms with Gasteiger partial charge in [-0.2, -0.15) is 0 Å². The smallest absolute Gasteiger partial charge is 0.141 e. The summed E-state index contributed by atoms with van der Waals surface area (Å²) in [7, 11) is 0. The third-order valence-corrected chi connectivity index (χ3v) is 3.06. The van der Waals surface area contributed by atoms with Gasteiger partial charge in [-0.15, -0.1) is 0 Å². The Balaban J connectivity index is 1.81. The van der Waals surface area contributed by atoms with Crippen molar-refractivity contribution in [1.82, 2.24) is 9.88 Å². The maximum Gasteiger partial charge on any atom is 0.141 e. The Bertz CT molecular complexity index is 358. The first-order valence-electron chi connectivity index (χ1n) is 5.85. The number of aliphatic hydroxyl groups excluding tert-OH is 2. The van der Waals surface area contributed by atoms with Crippen LogP contribution < -0.4 is 0 Å². The lowest BCUT2D eigenvalue weighted by Gasteiger charge is -2.17. The van der Waals surface area contributed by atoms with Crippen molar-refractivity contribution in [3.8, 4) is 0 Å². The highest BCUT2D eigenvalue weighted by Gasteiger charge is 2.20. The highest BCUT2D eigenvalue weighted by molar-refractivity contribution is 5.07. The van der Waals surface area contributed by atoms with Crippen molar-refractivity contribution in [1.29, 1.82) is 0 Å². The van der Waals surface area contributed by atoms with Crippen LogP contribution in [0.1, 0.15) is 24.6 Å². The molecule has 0 amide bonds. The van der Waals surface area contributed by atoms with Crippen LogP contribution in [0.5, 0.6) is 0 Å². The van der Waals surface area contributed by atoms with Crippen molar-refractivity contribution in [3.63, 3.8) is 0 Å². The average Bonchev–Trinajstić information content (AvgIpc) is 2.73. The van der Waals surface area contributed by atoms with Crippen molar-refractivity contribution in [3.05, 3.63) is 29.8 Å². The highest BCUT2D eigenvalue weighted by atomic mass is 19.1. The molecule has 1 aliphatic heterocycles. The number of hydrogen-bond donors (Lipinski definition) is 2. The predicted octanol–water partition coefficient (Wildman–Crippen LogP) is 0.711. The molecule has 17 heavy (non-hydrogen) atoms. The molecule has 1 aromatic heterocycles. The fourth-order valence-corrected chi connectivity index (χ4v) is 2.05. The van der Waals surface area contributed by atoms with Crippen LogP contribution in [0.3, 0.4) is 0 Å². The Labute approximate surface area is 99.7 Å². The topological polar surface area (TPSA) is 56.6 Å². The van der Waals surface area contributed by atoms with Gasteiger partial charge in [0, 0.05) is 19.6 Å². The Morgan fingerprint density at radius 2 is 2.35 bits per heavy atom. The molecule has 2 N–H and O–H groups in total. The standard InChI is InChI=1S/C12H17FN2O2/c13-9-1-2-11(14-7-9)12(17)4-6-15-5-3-10(16)8-15/h1-2,7,10,12,16-17H,3-6,8H2. The zero-order valence-electron chi connectivity index (χ0n) is 9.59. The molecular formula is C12H17FN2O2. The first-order valence-corrected chi connectivity index (χ1v) is 5.85. The number of β-amino-alcohol motifs (C(OH)–C–C–N with tert-alkyl or cyclic N) is 1. The van der Waals surface area contributed by atoms with Crippen LogP contribution in [0.4, 0.5) is 4.39 Å². The molecule has 2 heterocycles. The normalized spacial score (nSPS) is 22.9. The molecule has 0 aliphatic carbocycles. The second-order valence-corrected chi connectivity index (χ2v) is 4.45. The van der Waals surface area contributed by atoms with Gasteiger partial charge in [0.1, 0.15) is 5.82 Å². The summed E-state index contributed by atoms with van der Waals surface area (Å²) in [6.45, 7) is 2.26. The summed E-state index contributed by atoms with van der Waals surface area (Å²) < 4.78 is 12.6. The molecule has 1 fully saturated rings. The van der Waals surface area contributed by atoms with Gasteiger partial charge in [0.15, 0.2) is 0 Å². The van der Waals surface area contributed by atoms with Crippen LogP contribution in [0.2, 0.25) is 0 Å². The number of nitrogens with zero attached hydrogens (tertiary/aromatic N) is 2. The van der Waals surface area contributed by atoms with E-state index in [0.29, 0.717) is 18.7 Å².